The molecule has 0 amide bonds. The van der Waals surface area contributed by atoms with Crippen LogP contribution in [0.2, 0.25) is 0 Å². The van der Waals surface area contributed by atoms with E-state index in [2.05, 4.69) is 16.5 Å². The van der Waals surface area contributed by atoms with Crippen molar-refractivity contribution in [2.75, 3.05) is 36.5 Å². The van der Waals surface area contributed by atoms with E-state index in [4.69, 9.17) is 10.7 Å². The molecule has 0 saturated carbocycles. The molecule has 0 aromatic heterocycles. The molecule has 3 N–H and O–H groups in total. The van der Waals surface area contributed by atoms with Gasteiger partial charge in [-0.25, -0.2) is 9.38 Å². The minimum atomic E-state index is -0.314. The summed E-state index contributed by atoms with van der Waals surface area (Å²) in [5.74, 6) is 1.04. The summed E-state index contributed by atoms with van der Waals surface area (Å²) in [6, 6.07) is 5.17. The number of nitrogens with zero attached hydrogens (tertiary/aromatic N) is 2. The summed E-state index contributed by atoms with van der Waals surface area (Å²) in [6.45, 7) is 2.68. The van der Waals surface area contributed by atoms with E-state index >= 15 is 0 Å². The minimum absolute atomic E-state index is 0.285. The fourth-order valence-corrected chi connectivity index (χ4v) is 3.64. The summed E-state index contributed by atoms with van der Waals surface area (Å²) in [7, 11) is 0. The molecule has 2 aliphatic heterocycles. The molecule has 0 atom stereocenters. The number of amidine groups is 1. The highest BCUT2D eigenvalue weighted by Crippen LogP contribution is 2.39. The summed E-state index contributed by atoms with van der Waals surface area (Å²) in [4.78, 5) is 7.00. The summed E-state index contributed by atoms with van der Waals surface area (Å²) >= 11 is 1.79. The first-order valence-corrected chi connectivity index (χ1v) is 8.69. The van der Waals surface area contributed by atoms with Gasteiger partial charge in [-0.05, 0) is 31.5 Å². The predicted octanol–water partition coefficient (Wildman–Crippen LogP) is 1.79. The normalized spacial score (nSPS) is 20.3. The van der Waals surface area contributed by atoms with Crippen molar-refractivity contribution in [2.24, 2.45) is 10.7 Å². The molecular formula is C15H21FN4S. The smallest absolute Gasteiger partial charge is 0.136 e. The monoisotopic (exact) mass is 308 g/mol. The second kappa shape index (κ2) is 5.85. The fourth-order valence-electron chi connectivity index (χ4n) is 3.28. The molecule has 3 rings (SSSR count). The maximum absolute atomic E-state index is 14.2. The number of halogens is 1. The SMILES string of the molecule is CSCCN1c2cccc(F)c2C(N)=NC12CCNCC2. The molecule has 0 radical (unpaired) electrons. The molecule has 1 aromatic carbocycles. The number of benzene rings is 1. The van der Waals surface area contributed by atoms with Crippen LogP contribution in [0.1, 0.15) is 18.4 Å². The van der Waals surface area contributed by atoms with Crippen molar-refractivity contribution in [1.82, 2.24) is 5.32 Å². The third-order valence-electron chi connectivity index (χ3n) is 4.29. The third-order valence-corrected chi connectivity index (χ3v) is 4.88. The molecule has 0 bridgehead atoms. The van der Waals surface area contributed by atoms with Gasteiger partial charge in [0, 0.05) is 25.1 Å². The quantitative estimate of drug-likeness (QED) is 0.894. The van der Waals surface area contributed by atoms with E-state index in [1.165, 1.54) is 6.07 Å². The Bertz CT molecular complexity index is 555. The Hall–Kier alpha value is -1.27. The molecule has 4 nitrogen and oxygen atoms in total. The zero-order valence-electron chi connectivity index (χ0n) is 12.2. The zero-order valence-corrected chi connectivity index (χ0v) is 13.0. The van der Waals surface area contributed by atoms with Crippen LogP contribution in [0.4, 0.5) is 10.1 Å². The third kappa shape index (κ3) is 2.51. The van der Waals surface area contributed by atoms with E-state index in [9.17, 15) is 4.39 Å². The molecule has 114 valence electrons. The van der Waals surface area contributed by atoms with E-state index in [-0.39, 0.29) is 11.5 Å². The topological polar surface area (TPSA) is 53.6 Å². The van der Waals surface area contributed by atoms with Gasteiger partial charge in [-0.2, -0.15) is 11.8 Å². The molecule has 1 spiro atoms. The molecular weight excluding hydrogens is 287 g/mol. The van der Waals surface area contributed by atoms with Gasteiger partial charge in [0.15, 0.2) is 0 Å². The second-order valence-electron chi connectivity index (χ2n) is 5.51. The zero-order chi connectivity index (χ0) is 14.9. The summed E-state index contributed by atoms with van der Waals surface area (Å²) < 4.78 is 14.2. The summed E-state index contributed by atoms with van der Waals surface area (Å²) in [5, 5.41) is 3.37. The van der Waals surface area contributed by atoms with Crippen molar-refractivity contribution < 1.29 is 4.39 Å². The molecule has 21 heavy (non-hydrogen) atoms. The van der Waals surface area contributed by atoms with Crippen LogP contribution in [-0.2, 0) is 0 Å². The number of nitrogens with two attached hydrogens (primary N) is 1. The largest absolute Gasteiger partial charge is 0.383 e. The van der Waals surface area contributed by atoms with Crippen LogP contribution in [0.5, 0.6) is 0 Å². The van der Waals surface area contributed by atoms with E-state index in [1.54, 1.807) is 17.8 Å². The molecule has 2 aliphatic rings. The lowest BCUT2D eigenvalue weighted by atomic mass is 9.92. The van der Waals surface area contributed by atoms with Crippen LogP contribution < -0.4 is 16.0 Å². The van der Waals surface area contributed by atoms with E-state index in [0.29, 0.717) is 11.4 Å². The lowest BCUT2D eigenvalue weighted by molar-refractivity contribution is 0.298. The van der Waals surface area contributed by atoms with Crippen LogP contribution in [0.25, 0.3) is 0 Å². The Morgan fingerprint density at radius 2 is 2.19 bits per heavy atom. The molecule has 1 aromatic rings. The highest BCUT2D eigenvalue weighted by atomic mass is 32.2. The van der Waals surface area contributed by atoms with Crippen molar-refractivity contribution >= 4 is 23.3 Å². The molecule has 2 heterocycles. The first kappa shape index (κ1) is 14.7. The van der Waals surface area contributed by atoms with Gasteiger partial charge >= 0.3 is 0 Å². The van der Waals surface area contributed by atoms with E-state index in [0.717, 1.165) is 43.9 Å². The summed E-state index contributed by atoms with van der Waals surface area (Å²) in [6.07, 6.45) is 3.89. The highest BCUT2D eigenvalue weighted by molar-refractivity contribution is 7.98. The number of nitrogens with one attached hydrogen (secondary N) is 1. The first-order chi connectivity index (χ1) is 10.2. The van der Waals surface area contributed by atoms with Crippen molar-refractivity contribution in [1.29, 1.82) is 0 Å². The maximum Gasteiger partial charge on any atom is 0.136 e. The van der Waals surface area contributed by atoms with Crippen LogP contribution in [0.3, 0.4) is 0 Å². The molecule has 0 unspecified atom stereocenters. The van der Waals surface area contributed by atoms with Gasteiger partial charge in [-0.1, -0.05) is 6.07 Å². The van der Waals surface area contributed by atoms with Crippen LogP contribution >= 0.6 is 11.8 Å². The molecule has 1 saturated heterocycles. The number of rotatable bonds is 3. The number of thioether (sulfide) groups is 1. The van der Waals surface area contributed by atoms with Crippen LogP contribution in [0.15, 0.2) is 23.2 Å². The Morgan fingerprint density at radius 3 is 2.90 bits per heavy atom. The van der Waals surface area contributed by atoms with Gasteiger partial charge in [0.2, 0.25) is 0 Å². The first-order valence-electron chi connectivity index (χ1n) is 7.29. The van der Waals surface area contributed by atoms with Crippen LogP contribution in [0, 0.1) is 5.82 Å². The van der Waals surface area contributed by atoms with Gasteiger partial charge in [0.1, 0.15) is 17.3 Å². The Morgan fingerprint density at radius 1 is 1.43 bits per heavy atom. The number of fused-ring (bicyclic) bond motifs is 1. The minimum Gasteiger partial charge on any atom is -0.383 e. The highest BCUT2D eigenvalue weighted by Gasteiger charge is 2.42. The Labute approximate surface area is 129 Å². The fraction of sp³-hybridized carbons (Fsp3) is 0.533. The maximum atomic E-state index is 14.2. The lowest BCUT2D eigenvalue weighted by Gasteiger charge is -2.48. The lowest BCUT2D eigenvalue weighted by Crippen LogP contribution is -2.57. The standard InChI is InChI=1S/C15H21FN4S/c1-21-10-9-20-12-4-2-3-11(16)13(12)14(17)19-15(20)5-7-18-8-6-15/h2-4,18H,5-10H2,1H3,(H2,17,19). The average molecular weight is 308 g/mol. The Kier molecular flexibility index (Phi) is 4.08. The van der Waals surface area contributed by atoms with E-state index in [1.807, 2.05) is 6.07 Å². The van der Waals surface area contributed by atoms with Crippen molar-refractivity contribution in [3.05, 3.63) is 29.6 Å². The number of anilines is 1. The molecule has 1 fully saturated rings. The molecule has 0 aliphatic carbocycles. The van der Waals surface area contributed by atoms with Gasteiger partial charge in [-0.15, -0.1) is 0 Å². The second-order valence-corrected chi connectivity index (χ2v) is 6.49. The number of hydrogen-bond acceptors (Lipinski definition) is 5. The van der Waals surface area contributed by atoms with Crippen molar-refractivity contribution in [3.8, 4) is 0 Å². The predicted molar refractivity (Wildman–Crippen MR) is 87.7 cm³/mol. The van der Waals surface area contributed by atoms with Gasteiger partial charge in [0.25, 0.3) is 0 Å². The molecule has 6 heteroatoms. The number of piperidine rings is 1. The Balaban J connectivity index is 2.08. The van der Waals surface area contributed by atoms with Crippen molar-refractivity contribution in [3.63, 3.8) is 0 Å². The van der Waals surface area contributed by atoms with Gasteiger partial charge in [0.05, 0.1) is 11.3 Å². The number of aliphatic imine (C=N–C) groups is 1. The van der Waals surface area contributed by atoms with Crippen LogP contribution in [-0.4, -0.2) is 43.1 Å². The van der Waals surface area contributed by atoms with Crippen molar-refractivity contribution in [2.45, 2.75) is 18.5 Å². The average Bonchev–Trinajstić information content (AvgIpc) is 2.47. The van der Waals surface area contributed by atoms with Gasteiger partial charge < -0.3 is 16.0 Å². The number of hydrogen-bond donors (Lipinski definition) is 2. The van der Waals surface area contributed by atoms with Gasteiger partial charge in [-0.3, -0.25) is 0 Å². The van der Waals surface area contributed by atoms with E-state index < -0.39 is 0 Å². The summed E-state index contributed by atoms with van der Waals surface area (Å²) in [5.41, 5.74) is 7.14.